The van der Waals surface area contributed by atoms with E-state index >= 15 is 0 Å². The van der Waals surface area contributed by atoms with Crippen LogP contribution >= 0.6 is 23.1 Å². The predicted molar refractivity (Wildman–Crippen MR) is 214 cm³/mol. The number of thioether (sulfide) groups is 1. The van der Waals surface area contributed by atoms with Crippen LogP contribution in [0.25, 0.3) is 40.4 Å². The third kappa shape index (κ3) is 5.02. The molecule has 3 heterocycles. The van der Waals surface area contributed by atoms with Gasteiger partial charge in [0.2, 0.25) is 0 Å². The van der Waals surface area contributed by atoms with Crippen LogP contribution in [-0.4, -0.2) is 9.55 Å². The van der Waals surface area contributed by atoms with Crippen LogP contribution in [0.5, 0.6) is 0 Å². The number of hydrogen-bond acceptors (Lipinski definition) is 3. The highest BCUT2D eigenvalue weighted by molar-refractivity contribution is 8.07. The van der Waals surface area contributed by atoms with E-state index in [1.54, 1.807) is 25.1 Å². The van der Waals surface area contributed by atoms with Gasteiger partial charge in [0.05, 0.1) is 11.4 Å². The Morgan fingerprint density at radius 3 is 2.36 bits per heavy atom. The summed E-state index contributed by atoms with van der Waals surface area (Å²) < 4.78 is 2.32. The fraction of sp³-hybridized carbons (Fsp3) is 0.239. The molecule has 5 aliphatic carbocycles. The molecule has 1 aliphatic heterocycles. The van der Waals surface area contributed by atoms with Gasteiger partial charge >= 0.3 is 0 Å². The summed E-state index contributed by atoms with van der Waals surface area (Å²) in [4.78, 5) is 11.7. The van der Waals surface area contributed by atoms with Crippen LogP contribution in [-0.2, 0) is 13.5 Å². The van der Waals surface area contributed by atoms with Crippen LogP contribution in [0.2, 0.25) is 0 Å². The van der Waals surface area contributed by atoms with Crippen molar-refractivity contribution >= 4 is 40.8 Å². The summed E-state index contributed by atoms with van der Waals surface area (Å²) >= 11 is 4.10. The molecule has 2 nitrogen and oxygen atoms in total. The first-order valence-electron chi connectivity index (χ1n) is 18.3. The standard InChI is InChI=1S/C46H40N2S2/c1-48-43(32-27-23-30(24-28-32)35-16-10-18-39-37-14-6-8-20-41(37)50-45(35)39)42(47-46(48)33-11-3-2-4-12-33)31-25-21-29(22-26-31)34-15-9-17-38-36-13-5-7-19-40(36)49-44(34)38/h2-6,9-14,16-17,21-25,27-28,31,34,39H,7-8,15,18-20,26H2,1H3. The lowest BCUT2D eigenvalue weighted by molar-refractivity contribution is 0.771. The van der Waals surface area contributed by atoms with E-state index in [2.05, 4.69) is 144 Å². The summed E-state index contributed by atoms with van der Waals surface area (Å²) in [7, 11) is 2.19. The second-order valence-electron chi connectivity index (χ2n) is 14.3. The van der Waals surface area contributed by atoms with Crippen LogP contribution in [0.1, 0.15) is 82.5 Å². The molecule has 6 aliphatic rings. The topological polar surface area (TPSA) is 17.8 Å². The number of hydrogen-bond donors (Lipinski definition) is 0. The zero-order valence-electron chi connectivity index (χ0n) is 28.4. The van der Waals surface area contributed by atoms with Gasteiger partial charge in [-0.2, -0.15) is 0 Å². The van der Waals surface area contributed by atoms with Crippen molar-refractivity contribution in [3.63, 3.8) is 0 Å². The number of benzene rings is 2. The molecule has 0 saturated carbocycles. The highest BCUT2D eigenvalue weighted by Gasteiger charge is 2.34. The van der Waals surface area contributed by atoms with E-state index in [0.717, 1.165) is 37.1 Å². The Bertz CT molecular complexity index is 2280. The smallest absolute Gasteiger partial charge is 0.140 e. The zero-order valence-corrected chi connectivity index (χ0v) is 30.1. The first-order valence-corrected chi connectivity index (χ1v) is 19.9. The maximum absolute atomic E-state index is 5.42. The Labute approximate surface area is 303 Å². The Morgan fingerprint density at radius 1 is 0.720 bits per heavy atom. The van der Waals surface area contributed by atoms with E-state index in [4.69, 9.17) is 4.98 Å². The van der Waals surface area contributed by atoms with Crippen molar-refractivity contribution in [3.05, 3.63) is 162 Å². The summed E-state index contributed by atoms with van der Waals surface area (Å²) in [5.41, 5.74) is 13.4. The fourth-order valence-corrected chi connectivity index (χ4v) is 11.8. The van der Waals surface area contributed by atoms with Crippen molar-refractivity contribution in [3.8, 4) is 22.6 Å². The largest absolute Gasteiger partial charge is 0.327 e. The van der Waals surface area contributed by atoms with E-state index in [9.17, 15) is 0 Å². The molecule has 0 N–H and O–H groups in total. The maximum atomic E-state index is 5.42. The minimum atomic E-state index is 0.225. The van der Waals surface area contributed by atoms with Gasteiger partial charge in [-0.25, -0.2) is 4.98 Å². The van der Waals surface area contributed by atoms with E-state index < -0.39 is 0 Å². The number of thiophene rings is 1. The molecule has 50 heavy (non-hydrogen) atoms. The molecule has 4 aromatic rings. The van der Waals surface area contributed by atoms with Gasteiger partial charge in [-0.1, -0.05) is 133 Å². The maximum Gasteiger partial charge on any atom is 0.140 e. The molecule has 2 aromatic carbocycles. The van der Waals surface area contributed by atoms with Crippen molar-refractivity contribution in [1.82, 2.24) is 9.55 Å². The Hall–Kier alpha value is -4.38. The first kappa shape index (κ1) is 30.4. The number of imidazole rings is 1. The zero-order chi connectivity index (χ0) is 33.2. The molecule has 0 bridgehead atoms. The highest BCUT2D eigenvalue weighted by atomic mass is 32.2. The lowest BCUT2D eigenvalue weighted by Crippen LogP contribution is -2.08. The summed E-state index contributed by atoms with van der Waals surface area (Å²) in [5, 5.41) is 0. The van der Waals surface area contributed by atoms with Crippen LogP contribution < -0.4 is 0 Å². The normalized spacial score (nSPS) is 23.2. The minimum absolute atomic E-state index is 0.225. The lowest BCUT2D eigenvalue weighted by atomic mass is 9.81. The van der Waals surface area contributed by atoms with Crippen LogP contribution in [0.15, 0.2) is 130 Å². The summed E-state index contributed by atoms with van der Waals surface area (Å²) in [6.07, 6.45) is 34.2. The molecular formula is C46H40N2S2. The Balaban J connectivity index is 0.984. The molecule has 3 unspecified atom stereocenters. The van der Waals surface area contributed by atoms with E-state index in [1.807, 2.05) is 11.8 Å². The highest BCUT2D eigenvalue weighted by Crippen LogP contribution is 2.55. The van der Waals surface area contributed by atoms with Crippen molar-refractivity contribution < 1.29 is 0 Å². The molecule has 4 heteroatoms. The average Bonchev–Trinajstić information content (AvgIpc) is 3.86. The van der Waals surface area contributed by atoms with Gasteiger partial charge in [0, 0.05) is 50.6 Å². The number of rotatable bonds is 5. The Kier molecular flexibility index (Phi) is 7.57. The number of aryl methyl sites for hydroxylation is 1. The first-order chi connectivity index (χ1) is 24.7. The quantitative estimate of drug-likeness (QED) is 0.208. The number of aromatic nitrogens is 2. The van der Waals surface area contributed by atoms with Crippen molar-refractivity contribution in [2.24, 2.45) is 13.0 Å². The van der Waals surface area contributed by atoms with Gasteiger partial charge in [-0.3, -0.25) is 0 Å². The minimum Gasteiger partial charge on any atom is -0.327 e. The molecule has 3 atom stereocenters. The molecular weight excluding hydrogens is 645 g/mol. The molecule has 246 valence electrons. The molecule has 0 spiro atoms. The fourth-order valence-electron chi connectivity index (χ4n) is 8.87. The summed E-state index contributed by atoms with van der Waals surface area (Å²) in [5.74, 6) is 2.22. The number of fused-ring (bicyclic) bond motifs is 5. The van der Waals surface area contributed by atoms with Gasteiger partial charge in [0.15, 0.2) is 0 Å². The second kappa shape index (κ2) is 12.4. The van der Waals surface area contributed by atoms with Gasteiger partial charge in [0.25, 0.3) is 0 Å². The average molecular weight is 685 g/mol. The van der Waals surface area contributed by atoms with Crippen LogP contribution in [0.3, 0.4) is 0 Å². The van der Waals surface area contributed by atoms with Crippen LogP contribution in [0.4, 0.5) is 0 Å². The van der Waals surface area contributed by atoms with Gasteiger partial charge in [-0.15, -0.1) is 11.3 Å². The van der Waals surface area contributed by atoms with Crippen molar-refractivity contribution in [2.75, 3.05) is 0 Å². The molecule has 2 aromatic heterocycles. The van der Waals surface area contributed by atoms with Gasteiger partial charge < -0.3 is 4.57 Å². The second-order valence-corrected chi connectivity index (χ2v) is 16.6. The van der Waals surface area contributed by atoms with E-state index in [1.165, 1.54) is 64.1 Å². The number of nitrogens with zero attached hydrogens (tertiary/aromatic N) is 2. The third-order valence-corrected chi connectivity index (χ3v) is 14.2. The van der Waals surface area contributed by atoms with Crippen LogP contribution in [0, 0.1) is 5.92 Å². The van der Waals surface area contributed by atoms with Crippen molar-refractivity contribution in [2.45, 2.75) is 56.8 Å². The third-order valence-electron chi connectivity index (χ3n) is 11.4. The van der Waals surface area contributed by atoms with E-state index in [-0.39, 0.29) is 5.92 Å². The molecule has 0 fully saturated rings. The SMILES string of the molecule is Cn1c(-c2ccccc2)nc(C2C=CC(C3CC=Cc4c3sc3c4C=CCC3)=CC2)c1-c1ccc(C2=C3SC4=C(C=CCC4)C3CC=C2)cc1. The predicted octanol–water partition coefficient (Wildman–Crippen LogP) is 12.6. The molecule has 0 amide bonds. The monoisotopic (exact) mass is 684 g/mol. The lowest BCUT2D eigenvalue weighted by Gasteiger charge is -2.24. The molecule has 0 saturated heterocycles. The summed E-state index contributed by atoms with van der Waals surface area (Å²) in [6, 6.07) is 20.0. The Morgan fingerprint density at radius 2 is 1.50 bits per heavy atom. The van der Waals surface area contributed by atoms with Gasteiger partial charge in [-0.05, 0) is 83.3 Å². The molecule has 0 radical (unpaired) electrons. The summed E-state index contributed by atoms with van der Waals surface area (Å²) in [6.45, 7) is 0. The van der Waals surface area contributed by atoms with Crippen molar-refractivity contribution in [1.29, 1.82) is 0 Å². The number of allylic oxidation sites excluding steroid dienone is 14. The van der Waals surface area contributed by atoms with Gasteiger partial charge in [0.1, 0.15) is 5.82 Å². The molecule has 10 rings (SSSR count). The van der Waals surface area contributed by atoms with E-state index in [0.29, 0.717) is 11.8 Å².